The van der Waals surface area contributed by atoms with Gasteiger partial charge in [-0.1, -0.05) is 41.6 Å². The Hall–Kier alpha value is -1.71. The number of fused-ring (bicyclic) bond motifs is 1. The van der Waals surface area contributed by atoms with Crippen molar-refractivity contribution in [3.05, 3.63) is 70.1 Å². The summed E-state index contributed by atoms with van der Waals surface area (Å²) in [6, 6.07) is 15.2. The molecule has 0 saturated heterocycles. The van der Waals surface area contributed by atoms with Gasteiger partial charge in [-0.05, 0) is 30.3 Å². The zero-order valence-electron chi connectivity index (χ0n) is 9.89. The molecule has 1 N–H and O–H groups in total. The third-order valence-corrected chi connectivity index (χ3v) is 3.99. The van der Waals surface area contributed by atoms with Gasteiger partial charge >= 0.3 is 0 Å². The van der Waals surface area contributed by atoms with Crippen molar-refractivity contribution in [1.29, 1.82) is 0 Å². The van der Waals surface area contributed by atoms with Crippen molar-refractivity contribution in [2.24, 2.45) is 0 Å². The lowest BCUT2D eigenvalue weighted by Crippen LogP contribution is -2.11. The van der Waals surface area contributed by atoms with Crippen LogP contribution in [0, 0.1) is 0 Å². The maximum absolute atomic E-state index is 11.8. The van der Waals surface area contributed by atoms with Gasteiger partial charge in [-0.2, -0.15) is 0 Å². The van der Waals surface area contributed by atoms with Gasteiger partial charge in [0.2, 0.25) is 0 Å². The minimum atomic E-state index is -0.0430. The molecule has 2 nitrogen and oxygen atoms in total. The minimum absolute atomic E-state index is 0.0430. The smallest absolute Gasteiger partial charge is 0.256 e. The molecule has 0 unspecified atom stereocenters. The molecule has 2 aromatic carbocycles. The molecule has 4 heteroatoms. The quantitative estimate of drug-likeness (QED) is 0.840. The summed E-state index contributed by atoms with van der Waals surface area (Å²) in [7, 11) is 0. The van der Waals surface area contributed by atoms with Crippen LogP contribution in [0.1, 0.15) is 15.9 Å². The second-order valence-electron chi connectivity index (χ2n) is 4.10. The summed E-state index contributed by atoms with van der Waals surface area (Å²) in [5.41, 5.74) is 2.53. The molecule has 0 fully saturated rings. The van der Waals surface area contributed by atoms with E-state index in [1.54, 1.807) is 11.8 Å². The summed E-state index contributed by atoms with van der Waals surface area (Å²) in [5.74, 6) is -0.0430. The van der Waals surface area contributed by atoms with E-state index in [4.69, 9.17) is 11.6 Å². The fourth-order valence-corrected chi connectivity index (χ4v) is 2.77. The SMILES string of the molecule is O=C1N/C(=C/Sc2ccc(Cl)cc2)c2ccccc21. The van der Waals surface area contributed by atoms with E-state index in [-0.39, 0.29) is 5.91 Å². The van der Waals surface area contributed by atoms with Gasteiger partial charge in [0.25, 0.3) is 5.91 Å². The summed E-state index contributed by atoms with van der Waals surface area (Å²) in [6.07, 6.45) is 0. The highest BCUT2D eigenvalue weighted by Crippen LogP contribution is 2.29. The number of hydrogen-bond donors (Lipinski definition) is 1. The first kappa shape index (κ1) is 12.3. The Balaban J connectivity index is 1.86. The van der Waals surface area contributed by atoms with Crippen LogP contribution in [0.4, 0.5) is 0 Å². The Bertz CT molecular complexity index is 664. The monoisotopic (exact) mass is 287 g/mol. The Morgan fingerprint density at radius 3 is 2.42 bits per heavy atom. The van der Waals surface area contributed by atoms with Gasteiger partial charge in [-0.15, -0.1) is 0 Å². The number of rotatable bonds is 2. The van der Waals surface area contributed by atoms with E-state index >= 15 is 0 Å². The maximum Gasteiger partial charge on any atom is 0.256 e. The van der Waals surface area contributed by atoms with Gasteiger partial charge in [-0.25, -0.2) is 0 Å². The lowest BCUT2D eigenvalue weighted by molar-refractivity contribution is 0.0981. The molecule has 0 spiro atoms. The number of carbonyl (C=O) groups excluding carboxylic acids is 1. The average molecular weight is 288 g/mol. The molecule has 0 atom stereocenters. The molecule has 0 saturated carbocycles. The number of nitrogens with one attached hydrogen (secondary N) is 1. The number of benzene rings is 2. The van der Waals surface area contributed by atoms with E-state index in [2.05, 4.69) is 5.32 Å². The van der Waals surface area contributed by atoms with Crippen LogP contribution in [0.2, 0.25) is 5.02 Å². The van der Waals surface area contributed by atoms with E-state index in [9.17, 15) is 4.79 Å². The third-order valence-electron chi connectivity index (χ3n) is 2.84. The molecule has 0 aliphatic carbocycles. The predicted octanol–water partition coefficient (Wildman–Crippen LogP) is 4.17. The van der Waals surface area contributed by atoms with Crippen LogP contribution in [0.5, 0.6) is 0 Å². The zero-order valence-corrected chi connectivity index (χ0v) is 11.5. The van der Waals surface area contributed by atoms with Crippen LogP contribution in [0.25, 0.3) is 5.70 Å². The predicted molar refractivity (Wildman–Crippen MR) is 79.2 cm³/mol. The average Bonchev–Trinajstić information content (AvgIpc) is 2.76. The molecule has 0 bridgehead atoms. The standard InChI is InChI=1S/C15H10ClNOS/c16-10-5-7-11(8-6-10)19-9-14-12-3-1-2-4-13(12)15(18)17-14/h1-9H,(H,17,18)/b14-9+. The summed E-state index contributed by atoms with van der Waals surface area (Å²) in [4.78, 5) is 12.8. The molecule has 1 heterocycles. The second kappa shape index (κ2) is 5.11. The van der Waals surface area contributed by atoms with Crippen molar-refractivity contribution in [1.82, 2.24) is 5.32 Å². The lowest BCUT2D eigenvalue weighted by Gasteiger charge is -2.00. The summed E-state index contributed by atoms with van der Waals surface area (Å²) < 4.78 is 0. The highest BCUT2D eigenvalue weighted by Gasteiger charge is 2.22. The highest BCUT2D eigenvalue weighted by molar-refractivity contribution is 8.02. The molecule has 3 rings (SSSR count). The molecule has 1 amide bonds. The van der Waals surface area contributed by atoms with Gasteiger partial charge < -0.3 is 5.32 Å². The number of hydrogen-bond acceptors (Lipinski definition) is 2. The van der Waals surface area contributed by atoms with Gasteiger partial charge in [0, 0.05) is 26.5 Å². The fraction of sp³-hybridized carbons (Fsp3) is 0. The van der Waals surface area contributed by atoms with Crippen LogP contribution < -0.4 is 5.32 Å². The largest absolute Gasteiger partial charge is 0.321 e. The van der Waals surface area contributed by atoms with E-state index in [1.165, 1.54) is 0 Å². The molecule has 1 aliphatic heterocycles. The lowest BCUT2D eigenvalue weighted by atomic mass is 10.1. The van der Waals surface area contributed by atoms with E-state index in [1.807, 2.05) is 53.9 Å². The van der Waals surface area contributed by atoms with Crippen LogP contribution in [0.15, 0.2) is 58.8 Å². The molecule has 19 heavy (non-hydrogen) atoms. The highest BCUT2D eigenvalue weighted by atomic mass is 35.5. The Morgan fingerprint density at radius 2 is 1.68 bits per heavy atom. The topological polar surface area (TPSA) is 29.1 Å². The van der Waals surface area contributed by atoms with Gasteiger partial charge in [0.15, 0.2) is 0 Å². The van der Waals surface area contributed by atoms with E-state index < -0.39 is 0 Å². The van der Waals surface area contributed by atoms with Crippen molar-refractivity contribution in [3.63, 3.8) is 0 Å². The van der Waals surface area contributed by atoms with Gasteiger partial charge in [-0.3, -0.25) is 4.79 Å². The second-order valence-corrected chi connectivity index (χ2v) is 5.48. The molecule has 94 valence electrons. The summed E-state index contributed by atoms with van der Waals surface area (Å²) >= 11 is 7.40. The van der Waals surface area contributed by atoms with Crippen LogP contribution in [-0.2, 0) is 0 Å². The van der Waals surface area contributed by atoms with Crippen LogP contribution >= 0.6 is 23.4 Å². The minimum Gasteiger partial charge on any atom is -0.321 e. The number of halogens is 1. The van der Waals surface area contributed by atoms with E-state index in [0.717, 1.165) is 26.7 Å². The Morgan fingerprint density at radius 1 is 1.00 bits per heavy atom. The van der Waals surface area contributed by atoms with Crippen molar-refractivity contribution in [2.75, 3.05) is 0 Å². The van der Waals surface area contributed by atoms with Crippen molar-refractivity contribution >= 4 is 35.0 Å². The number of thioether (sulfide) groups is 1. The number of carbonyl (C=O) groups is 1. The Kier molecular flexibility index (Phi) is 3.32. The van der Waals surface area contributed by atoms with E-state index in [0.29, 0.717) is 0 Å². The van der Waals surface area contributed by atoms with Gasteiger partial charge in [0.05, 0.1) is 5.70 Å². The third kappa shape index (κ3) is 2.53. The normalized spacial score (nSPS) is 15.4. The zero-order chi connectivity index (χ0) is 13.2. The fourth-order valence-electron chi connectivity index (χ4n) is 1.91. The molecular weight excluding hydrogens is 278 g/mol. The Labute approximate surface area is 120 Å². The first-order chi connectivity index (χ1) is 9.24. The molecule has 1 aliphatic rings. The first-order valence-corrected chi connectivity index (χ1v) is 7.03. The first-order valence-electron chi connectivity index (χ1n) is 5.77. The van der Waals surface area contributed by atoms with Gasteiger partial charge in [0.1, 0.15) is 0 Å². The van der Waals surface area contributed by atoms with Crippen molar-refractivity contribution in [3.8, 4) is 0 Å². The summed E-state index contributed by atoms with van der Waals surface area (Å²) in [6.45, 7) is 0. The molecule has 0 aromatic heterocycles. The summed E-state index contributed by atoms with van der Waals surface area (Å²) in [5, 5.41) is 5.55. The molecule has 0 radical (unpaired) electrons. The van der Waals surface area contributed by atoms with Crippen molar-refractivity contribution in [2.45, 2.75) is 4.90 Å². The van der Waals surface area contributed by atoms with Crippen molar-refractivity contribution < 1.29 is 4.79 Å². The maximum atomic E-state index is 11.8. The number of amides is 1. The van der Waals surface area contributed by atoms with Crippen LogP contribution in [0.3, 0.4) is 0 Å². The molecule has 2 aromatic rings. The molecular formula is C15H10ClNOS. The van der Waals surface area contributed by atoms with Crippen LogP contribution in [-0.4, -0.2) is 5.91 Å².